The van der Waals surface area contributed by atoms with Crippen molar-refractivity contribution >= 4 is 0 Å². The van der Waals surface area contributed by atoms with Crippen LogP contribution in [-0.2, 0) is 0 Å². The SMILES string of the molecule is CNC(c1ccc(F)c(C)c1)C1C2CCCCC21. The van der Waals surface area contributed by atoms with Crippen molar-refractivity contribution in [3.8, 4) is 0 Å². The summed E-state index contributed by atoms with van der Waals surface area (Å²) in [5.74, 6) is 2.52. The molecule has 0 spiro atoms. The molecule has 0 heterocycles. The highest BCUT2D eigenvalue weighted by Crippen LogP contribution is 2.60. The molecule has 0 aromatic heterocycles. The second-order valence-corrected chi connectivity index (χ2v) is 5.96. The van der Waals surface area contributed by atoms with E-state index < -0.39 is 0 Å². The summed E-state index contributed by atoms with van der Waals surface area (Å²) in [5, 5.41) is 3.46. The van der Waals surface area contributed by atoms with Crippen molar-refractivity contribution in [2.24, 2.45) is 17.8 Å². The second-order valence-electron chi connectivity index (χ2n) is 5.96. The van der Waals surface area contributed by atoms with Gasteiger partial charge in [0.2, 0.25) is 0 Å². The number of nitrogens with one attached hydrogen (secondary N) is 1. The highest BCUT2D eigenvalue weighted by atomic mass is 19.1. The topological polar surface area (TPSA) is 12.0 Å². The maximum atomic E-state index is 13.4. The van der Waals surface area contributed by atoms with Gasteiger partial charge in [0.05, 0.1) is 0 Å². The molecule has 3 rings (SSSR count). The van der Waals surface area contributed by atoms with Gasteiger partial charge in [-0.15, -0.1) is 0 Å². The molecule has 18 heavy (non-hydrogen) atoms. The average molecular weight is 247 g/mol. The molecule has 98 valence electrons. The summed E-state index contributed by atoms with van der Waals surface area (Å²) in [7, 11) is 2.04. The Bertz CT molecular complexity index is 431. The molecule has 0 aliphatic heterocycles. The van der Waals surface area contributed by atoms with Gasteiger partial charge in [-0.05, 0) is 61.8 Å². The molecular formula is C16H22FN. The second kappa shape index (κ2) is 4.65. The fourth-order valence-electron chi connectivity index (χ4n) is 3.98. The van der Waals surface area contributed by atoms with Crippen LogP contribution in [0.4, 0.5) is 4.39 Å². The van der Waals surface area contributed by atoms with Gasteiger partial charge in [-0.3, -0.25) is 0 Å². The summed E-state index contributed by atoms with van der Waals surface area (Å²) in [6.07, 6.45) is 5.59. The van der Waals surface area contributed by atoms with Gasteiger partial charge in [0.25, 0.3) is 0 Å². The van der Waals surface area contributed by atoms with Crippen molar-refractivity contribution in [3.05, 3.63) is 35.1 Å². The molecule has 1 nitrogen and oxygen atoms in total. The highest BCUT2D eigenvalue weighted by molar-refractivity contribution is 5.29. The zero-order valence-corrected chi connectivity index (χ0v) is 11.2. The van der Waals surface area contributed by atoms with E-state index in [-0.39, 0.29) is 5.82 Å². The van der Waals surface area contributed by atoms with Crippen LogP contribution in [0.2, 0.25) is 0 Å². The Morgan fingerprint density at radius 3 is 2.44 bits per heavy atom. The first-order valence-electron chi connectivity index (χ1n) is 7.15. The van der Waals surface area contributed by atoms with Crippen LogP contribution in [0.3, 0.4) is 0 Å². The Morgan fingerprint density at radius 1 is 1.22 bits per heavy atom. The average Bonchev–Trinajstić information content (AvgIpc) is 3.09. The molecule has 0 radical (unpaired) electrons. The summed E-state index contributed by atoms with van der Waals surface area (Å²) in [6.45, 7) is 1.85. The van der Waals surface area contributed by atoms with Crippen LogP contribution in [0.15, 0.2) is 18.2 Å². The minimum Gasteiger partial charge on any atom is -0.313 e. The fraction of sp³-hybridized carbons (Fsp3) is 0.625. The summed E-state index contributed by atoms with van der Waals surface area (Å²) >= 11 is 0. The van der Waals surface area contributed by atoms with Gasteiger partial charge >= 0.3 is 0 Å². The lowest BCUT2D eigenvalue weighted by molar-refractivity contribution is 0.480. The predicted octanol–water partition coefficient (Wildman–Crippen LogP) is 3.83. The number of aryl methyl sites for hydroxylation is 1. The van der Waals surface area contributed by atoms with Crippen molar-refractivity contribution in [1.82, 2.24) is 5.32 Å². The molecule has 2 heteroatoms. The van der Waals surface area contributed by atoms with Gasteiger partial charge in [-0.25, -0.2) is 4.39 Å². The molecule has 2 aliphatic carbocycles. The predicted molar refractivity (Wildman–Crippen MR) is 71.9 cm³/mol. The largest absolute Gasteiger partial charge is 0.313 e. The van der Waals surface area contributed by atoms with Crippen LogP contribution in [0.25, 0.3) is 0 Å². The van der Waals surface area contributed by atoms with E-state index in [4.69, 9.17) is 0 Å². The zero-order valence-electron chi connectivity index (χ0n) is 11.2. The minimum atomic E-state index is -0.0955. The van der Waals surface area contributed by atoms with E-state index in [1.165, 1.54) is 31.2 Å². The molecule has 3 unspecified atom stereocenters. The van der Waals surface area contributed by atoms with Crippen LogP contribution < -0.4 is 5.32 Å². The normalized spacial score (nSPS) is 31.8. The number of benzene rings is 1. The monoisotopic (exact) mass is 247 g/mol. The van der Waals surface area contributed by atoms with Crippen LogP contribution in [0, 0.1) is 30.5 Å². The molecule has 2 fully saturated rings. The lowest BCUT2D eigenvalue weighted by Crippen LogP contribution is -2.20. The molecular weight excluding hydrogens is 225 g/mol. The smallest absolute Gasteiger partial charge is 0.126 e. The Morgan fingerprint density at radius 2 is 1.89 bits per heavy atom. The molecule has 0 bridgehead atoms. The lowest BCUT2D eigenvalue weighted by atomic mass is 9.98. The standard InChI is InChI=1S/C16H22FN/c1-10-9-11(7-8-14(10)17)16(18-2)15-12-5-3-4-6-13(12)15/h7-9,12-13,15-16,18H,3-6H2,1-2H3. The van der Waals surface area contributed by atoms with Crippen molar-refractivity contribution in [2.45, 2.75) is 38.6 Å². The van der Waals surface area contributed by atoms with E-state index in [1.54, 1.807) is 6.07 Å². The third-order valence-electron chi connectivity index (χ3n) is 4.96. The maximum Gasteiger partial charge on any atom is 0.126 e. The number of hydrogen-bond acceptors (Lipinski definition) is 1. The molecule has 3 atom stereocenters. The van der Waals surface area contributed by atoms with Crippen molar-refractivity contribution < 1.29 is 4.39 Å². The van der Waals surface area contributed by atoms with Gasteiger partial charge in [0, 0.05) is 6.04 Å². The fourth-order valence-corrected chi connectivity index (χ4v) is 3.98. The molecule has 0 amide bonds. The first kappa shape index (κ1) is 12.2. The van der Waals surface area contributed by atoms with E-state index in [0.29, 0.717) is 6.04 Å². The summed E-state index contributed by atoms with van der Waals surface area (Å²) in [5.41, 5.74) is 2.02. The lowest BCUT2D eigenvalue weighted by Gasteiger charge is -2.18. The Hall–Kier alpha value is -0.890. The zero-order chi connectivity index (χ0) is 12.7. The van der Waals surface area contributed by atoms with E-state index in [1.807, 2.05) is 26.1 Å². The Labute approximate surface area is 109 Å². The van der Waals surface area contributed by atoms with Gasteiger partial charge in [-0.2, -0.15) is 0 Å². The maximum absolute atomic E-state index is 13.4. The number of hydrogen-bond donors (Lipinski definition) is 1. The van der Waals surface area contributed by atoms with Crippen LogP contribution in [0.5, 0.6) is 0 Å². The molecule has 2 aliphatic rings. The summed E-state index contributed by atoms with van der Waals surface area (Å²) in [6, 6.07) is 5.99. The molecule has 1 aromatic carbocycles. The molecule has 1 N–H and O–H groups in total. The van der Waals surface area contributed by atoms with E-state index in [0.717, 1.165) is 23.3 Å². The highest BCUT2D eigenvalue weighted by Gasteiger charge is 2.53. The van der Waals surface area contributed by atoms with Crippen molar-refractivity contribution in [3.63, 3.8) is 0 Å². The number of fused-ring (bicyclic) bond motifs is 1. The Kier molecular flexibility index (Phi) is 3.14. The third-order valence-corrected chi connectivity index (χ3v) is 4.96. The molecule has 1 aromatic rings. The quantitative estimate of drug-likeness (QED) is 0.856. The first-order valence-corrected chi connectivity index (χ1v) is 7.15. The van der Waals surface area contributed by atoms with Crippen LogP contribution in [0.1, 0.15) is 42.9 Å². The third kappa shape index (κ3) is 1.97. The van der Waals surface area contributed by atoms with Gasteiger partial charge in [0.1, 0.15) is 5.82 Å². The van der Waals surface area contributed by atoms with Gasteiger partial charge < -0.3 is 5.32 Å². The van der Waals surface area contributed by atoms with Gasteiger partial charge in [0.15, 0.2) is 0 Å². The first-order chi connectivity index (χ1) is 8.72. The van der Waals surface area contributed by atoms with Gasteiger partial charge in [-0.1, -0.05) is 25.0 Å². The minimum absolute atomic E-state index is 0.0955. The number of rotatable bonds is 3. The van der Waals surface area contributed by atoms with Crippen LogP contribution >= 0.6 is 0 Å². The summed E-state index contributed by atoms with van der Waals surface area (Å²) < 4.78 is 13.4. The molecule has 0 saturated heterocycles. The molecule has 2 saturated carbocycles. The van der Waals surface area contributed by atoms with Crippen molar-refractivity contribution in [1.29, 1.82) is 0 Å². The van der Waals surface area contributed by atoms with Crippen LogP contribution in [-0.4, -0.2) is 7.05 Å². The van der Waals surface area contributed by atoms with Crippen molar-refractivity contribution in [2.75, 3.05) is 7.05 Å². The summed E-state index contributed by atoms with van der Waals surface area (Å²) in [4.78, 5) is 0. The van der Waals surface area contributed by atoms with E-state index >= 15 is 0 Å². The Balaban J connectivity index is 1.82. The van der Waals surface area contributed by atoms with E-state index in [9.17, 15) is 4.39 Å². The number of halogens is 1. The van der Waals surface area contributed by atoms with E-state index in [2.05, 4.69) is 5.32 Å².